The lowest BCUT2D eigenvalue weighted by molar-refractivity contribution is -0.139. The van der Waals surface area contributed by atoms with Gasteiger partial charge in [-0.15, -0.1) is 0 Å². The molecule has 174 valence electrons. The number of piperidine rings is 1. The number of anilines is 1. The molecule has 1 aromatic rings. The minimum absolute atomic E-state index is 0.107. The van der Waals surface area contributed by atoms with E-state index in [2.05, 4.69) is 51.8 Å². The van der Waals surface area contributed by atoms with Crippen LogP contribution in [0.25, 0.3) is 0 Å². The molecule has 32 heavy (non-hydrogen) atoms. The van der Waals surface area contributed by atoms with E-state index in [0.29, 0.717) is 13.1 Å². The molecular weight excluding hydrogens is 400 g/mol. The van der Waals surface area contributed by atoms with Gasteiger partial charge in [0.25, 0.3) is 0 Å². The number of likely N-dealkylation sites (tertiary alicyclic amines) is 1. The summed E-state index contributed by atoms with van der Waals surface area (Å²) in [5.74, 6) is -1.04. The van der Waals surface area contributed by atoms with Crippen molar-refractivity contribution in [3.05, 3.63) is 41.0 Å². The summed E-state index contributed by atoms with van der Waals surface area (Å²) in [6.07, 6.45) is 12.6. The Morgan fingerprint density at radius 3 is 2.56 bits per heavy atom. The zero-order valence-electron chi connectivity index (χ0n) is 19.5. The summed E-state index contributed by atoms with van der Waals surface area (Å²) in [6.45, 7) is 4.14. The van der Waals surface area contributed by atoms with Crippen LogP contribution in [0.3, 0.4) is 0 Å². The summed E-state index contributed by atoms with van der Waals surface area (Å²) in [5.41, 5.74) is 5.34. The first kappa shape index (κ1) is 22.8. The average Bonchev–Trinajstić information content (AvgIpc) is 3.20. The first-order valence-electron chi connectivity index (χ1n) is 12.4. The third-order valence-corrected chi connectivity index (χ3v) is 7.23. The highest BCUT2D eigenvalue weighted by Crippen LogP contribution is 2.32. The molecule has 1 aromatic carbocycles. The van der Waals surface area contributed by atoms with Crippen LogP contribution in [0.1, 0.15) is 68.5 Å². The van der Waals surface area contributed by atoms with Crippen LogP contribution in [-0.2, 0) is 16.0 Å². The number of rotatable bonds is 7. The Hall–Kier alpha value is -2.34. The smallest absolute Gasteiger partial charge is 0.309 e. The Kier molecular flexibility index (Phi) is 7.85. The highest BCUT2D eigenvalue weighted by Gasteiger charge is 2.26. The normalized spacial score (nSPS) is 19.8. The molecule has 1 atom stereocenters. The first-order chi connectivity index (χ1) is 15.6. The lowest BCUT2D eigenvalue weighted by Gasteiger charge is -2.35. The van der Waals surface area contributed by atoms with E-state index in [1.54, 1.807) is 0 Å². The van der Waals surface area contributed by atoms with Gasteiger partial charge in [-0.1, -0.05) is 30.2 Å². The molecule has 0 bridgehead atoms. The van der Waals surface area contributed by atoms with Crippen LogP contribution in [0.15, 0.2) is 29.8 Å². The van der Waals surface area contributed by atoms with Crippen molar-refractivity contribution < 1.29 is 9.59 Å². The SMILES string of the molecule is CN1CCc2cc([C@H](CNC(=O)C(=O)NCCC3=CCCCC3)N3CCCCC3)ccc21. The Morgan fingerprint density at radius 1 is 0.969 bits per heavy atom. The Bertz CT molecular complexity index is 844. The lowest BCUT2D eigenvalue weighted by atomic mass is 9.97. The third kappa shape index (κ3) is 5.71. The van der Waals surface area contributed by atoms with Gasteiger partial charge in [0.1, 0.15) is 0 Å². The van der Waals surface area contributed by atoms with Crippen LogP contribution in [0, 0.1) is 0 Å². The number of allylic oxidation sites excluding steroid dienone is 1. The van der Waals surface area contributed by atoms with E-state index in [9.17, 15) is 9.59 Å². The predicted molar refractivity (Wildman–Crippen MR) is 129 cm³/mol. The molecule has 1 fully saturated rings. The number of carbonyl (C=O) groups is 2. The zero-order valence-corrected chi connectivity index (χ0v) is 19.5. The van der Waals surface area contributed by atoms with Crippen molar-refractivity contribution >= 4 is 17.5 Å². The molecule has 2 amide bonds. The van der Waals surface area contributed by atoms with Gasteiger partial charge in [0, 0.05) is 32.4 Å². The number of nitrogens with zero attached hydrogens (tertiary/aromatic N) is 2. The molecule has 6 heteroatoms. The van der Waals surface area contributed by atoms with Gasteiger partial charge >= 0.3 is 11.8 Å². The Morgan fingerprint density at radius 2 is 1.78 bits per heavy atom. The molecule has 0 radical (unpaired) electrons. The molecule has 0 aromatic heterocycles. The van der Waals surface area contributed by atoms with E-state index < -0.39 is 11.8 Å². The zero-order chi connectivity index (χ0) is 22.3. The highest BCUT2D eigenvalue weighted by molar-refractivity contribution is 6.35. The van der Waals surface area contributed by atoms with Crippen molar-refractivity contribution in [3.8, 4) is 0 Å². The molecule has 0 spiro atoms. The van der Waals surface area contributed by atoms with Gasteiger partial charge < -0.3 is 15.5 Å². The number of benzene rings is 1. The van der Waals surface area contributed by atoms with Crippen LogP contribution in [0.5, 0.6) is 0 Å². The molecule has 4 rings (SSSR count). The van der Waals surface area contributed by atoms with E-state index in [1.165, 1.54) is 54.5 Å². The number of carbonyl (C=O) groups excluding carboxylic acids is 2. The summed E-state index contributed by atoms with van der Waals surface area (Å²) >= 11 is 0. The predicted octanol–water partition coefficient (Wildman–Crippen LogP) is 3.33. The van der Waals surface area contributed by atoms with Crippen LogP contribution in [-0.4, -0.2) is 56.5 Å². The minimum atomic E-state index is -0.523. The third-order valence-electron chi connectivity index (χ3n) is 7.23. The molecule has 0 unspecified atom stereocenters. The summed E-state index contributed by atoms with van der Waals surface area (Å²) in [4.78, 5) is 29.6. The number of hydrogen-bond acceptors (Lipinski definition) is 4. The molecule has 1 saturated heterocycles. The fraction of sp³-hybridized carbons (Fsp3) is 0.615. The van der Waals surface area contributed by atoms with Crippen LogP contribution in [0.4, 0.5) is 5.69 Å². The number of amides is 2. The maximum absolute atomic E-state index is 12.5. The lowest BCUT2D eigenvalue weighted by Crippen LogP contribution is -2.45. The molecule has 2 aliphatic heterocycles. The maximum atomic E-state index is 12.5. The second-order valence-corrected chi connectivity index (χ2v) is 9.50. The van der Waals surface area contributed by atoms with Gasteiger partial charge in [0.15, 0.2) is 0 Å². The molecule has 1 aliphatic carbocycles. The quantitative estimate of drug-likeness (QED) is 0.506. The van der Waals surface area contributed by atoms with E-state index in [4.69, 9.17) is 0 Å². The Labute approximate surface area is 192 Å². The molecule has 0 saturated carbocycles. The number of likely N-dealkylation sites (N-methyl/N-ethyl adjacent to an activating group) is 1. The van der Waals surface area contributed by atoms with Crippen molar-refractivity contribution in [2.75, 3.05) is 44.7 Å². The van der Waals surface area contributed by atoms with Crippen LogP contribution < -0.4 is 15.5 Å². The number of hydrogen-bond donors (Lipinski definition) is 2. The van der Waals surface area contributed by atoms with E-state index in [1.807, 2.05) is 0 Å². The van der Waals surface area contributed by atoms with Crippen molar-refractivity contribution in [2.45, 2.75) is 63.8 Å². The van der Waals surface area contributed by atoms with E-state index >= 15 is 0 Å². The summed E-state index contributed by atoms with van der Waals surface area (Å²) < 4.78 is 0. The topological polar surface area (TPSA) is 64.7 Å². The molecule has 2 heterocycles. The Balaban J connectivity index is 1.34. The van der Waals surface area contributed by atoms with Gasteiger partial charge in [-0.3, -0.25) is 14.5 Å². The van der Waals surface area contributed by atoms with Gasteiger partial charge in [0.05, 0.1) is 6.04 Å². The first-order valence-corrected chi connectivity index (χ1v) is 12.4. The second kappa shape index (κ2) is 11.0. The van der Waals surface area contributed by atoms with E-state index in [-0.39, 0.29) is 6.04 Å². The summed E-state index contributed by atoms with van der Waals surface area (Å²) in [6, 6.07) is 6.82. The van der Waals surface area contributed by atoms with Crippen LogP contribution >= 0.6 is 0 Å². The number of fused-ring (bicyclic) bond motifs is 1. The maximum Gasteiger partial charge on any atom is 0.309 e. The molecule has 6 nitrogen and oxygen atoms in total. The fourth-order valence-electron chi connectivity index (χ4n) is 5.30. The molecule has 2 N–H and O–H groups in total. The fourth-order valence-corrected chi connectivity index (χ4v) is 5.30. The summed E-state index contributed by atoms with van der Waals surface area (Å²) in [7, 11) is 2.14. The minimum Gasteiger partial charge on any atom is -0.374 e. The van der Waals surface area contributed by atoms with E-state index in [0.717, 1.165) is 45.3 Å². The van der Waals surface area contributed by atoms with Crippen LogP contribution in [0.2, 0.25) is 0 Å². The molecule has 3 aliphatic rings. The standard InChI is InChI=1S/C26H38N4O2/c1-29-17-13-22-18-21(10-11-23(22)29)24(30-15-6-3-7-16-30)19-28-26(32)25(31)27-14-12-20-8-4-2-5-9-20/h8,10-11,18,24H,2-7,9,12-17,19H2,1H3,(H,27,31)(H,28,32)/t24-/m0/s1. The number of nitrogens with one attached hydrogen (secondary N) is 2. The van der Waals surface area contributed by atoms with Crippen molar-refractivity contribution in [2.24, 2.45) is 0 Å². The van der Waals surface area contributed by atoms with Crippen molar-refractivity contribution in [3.63, 3.8) is 0 Å². The van der Waals surface area contributed by atoms with Crippen molar-refractivity contribution in [1.29, 1.82) is 0 Å². The monoisotopic (exact) mass is 438 g/mol. The van der Waals surface area contributed by atoms with Gasteiger partial charge in [-0.25, -0.2) is 0 Å². The molecular formula is C26H38N4O2. The highest BCUT2D eigenvalue weighted by atomic mass is 16.2. The average molecular weight is 439 g/mol. The van der Waals surface area contributed by atoms with Gasteiger partial charge in [-0.2, -0.15) is 0 Å². The largest absolute Gasteiger partial charge is 0.374 e. The summed E-state index contributed by atoms with van der Waals surface area (Å²) in [5, 5.41) is 5.73. The second-order valence-electron chi connectivity index (χ2n) is 9.50. The van der Waals surface area contributed by atoms with Gasteiger partial charge in [-0.05, 0) is 81.6 Å². The van der Waals surface area contributed by atoms with Crippen molar-refractivity contribution in [1.82, 2.24) is 15.5 Å². The van der Waals surface area contributed by atoms with Gasteiger partial charge in [0.2, 0.25) is 0 Å².